The second-order valence-electron chi connectivity index (χ2n) is 5.15. The minimum atomic E-state index is 0.324. The molecule has 1 aliphatic heterocycles. The average Bonchev–Trinajstić information content (AvgIpc) is 2.40. The first-order valence-electron chi connectivity index (χ1n) is 6.75. The van der Waals surface area contributed by atoms with E-state index < -0.39 is 0 Å². The van der Waals surface area contributed by atoms with Gasteiger partial charge in [-0.3, -0.25) is 4.98 Å². The number of para-hydroxylation sites is 1. The maximum atomic E-state index is 5.97. The number of nitrogen functional groups attached to an aromatic ring is 1. The van der Waals surface area contributed by atoms with Crippen molar-refractivity contribution >= 4 is 22.3 Å². The number of nitrogens with two attached hydrogens (primary N) is 1. The van der Waals surface area contributed by atoms with Gasteiger partial charge in [0.2, 0.25) is 0 Å². The Balaban J connectivity index is 1.90. The fourth-order valence-corrected chi connectivity index (χ4v) is 2.67. The summed E-state index contributed by atoms with van der Waals surface area (Å²) in [7, 11) is 0. The van der Waals surface area contributed by atoms with Crippen molar-refractivity contribution in [2.45, 2.75) is 31.9 Å². The van der Waals surface area contributed by atoms with E-state index in [2.05, 4.69) is 23.3 Å². The topological polar surface area (TPSA) is 60.2 Å². The molecular weight excluding hydrogens is 238 g/mol. The third-order valence-electron chi connectivity index (χ3n) is 3.65. The van der Waals surface area contributed by atoms with Crippen LogP contribution in [-0.4, -0.2) is 23.7 Å². The summed E-state index contributed by atoms with van der Waals surface area (Å²) in [4.78, 5) is 4.36. The molecule has 2 atom stereocenters. The van der Waals surface area contributed by atoms with E-state index in [-0.39, 0.29) is 0 Å². The summed E-state index contributed by atoms with van der Waals surface area (Å²) >= 11 is 0. The Bertz CT molecular complexity index is 585. The SMILES string of the molecule is CC1CC(Nc2ccnc3c(N)cccc23)CCO1. The molecule has 1 aliphatic rings. The number of ether oxygens (including phenoxy) is 1. The van der Waals surface area contributed by atoms with E-state index in [1.54, 1.807) is 0 Å². The average molecular weight is 257 g/mol. The molecule has 3 rings (SSSR count). The van der Waals surface area contributed by atoms with Gasteiger partial charge in [0.05, 0.1) is 17.3 Å². The predicted octanol–water partition coefficient (Wildman–Crippen LogP) is 2.80. The molecule has 19 heavy (non-hydrogen) atoms. The fraction of sp³-hybridized carbons (Fsp3) is 0.400. The van der Waals surface area contributed by atoms with Crippen LogP contribution < -0.4 is 11.1 Å². The number of nitrogens with one attached hydrogen (secondary N) is 1. The predicted molar refractivity (Wildman–Crippen MR) is 78.2 cm³/mol. The van der Waals surface area contributed by atoms with Gasteiger partial charge in [0.25, 0.3) is 0 Å². The normalized spacial score (nSPS) is 23.4. The summed E-state index contributed by atoms with van der Waals surface area (Å²) in [6, 6.07) is 8.38. The Kier molecular flexibility index (Phi) is 3.25. The smallest absolute Gasteiger partial charge is 0.0951 e. The number of anilines is 2. The highest BCUT2D eigenvalue weighted by Gasteiger charge is 2.19. The quantitative estimate of drug-likeness (QED) is 0.812. The molecule has 0 spiro atoms. The lowest BCUT2D eigenvalue weighted by atomic mass is 10.0. The van der Waals surface area contributed by atoms with Gasteiger partial charge in [-0.25, -0.2) is 0 Å². The zero-order valence-corrected chi connectivity index (χ0v) is 11.1. The summed E-state index contributed by atoms with van der Waals surface area (Å²) in [5, 5.41) is 4.69. The minimum absolute atomic E-state index is 0.324. The third kappa shape index (κ3) is 2.49. The molecule has 0 radical (unpaired) electrons. The molecule has 1 aromatic carbocycles. The van der Waals surface area contributed by atoms with E-state index in [1.807, 2.05) is 24.4 Å². The van der Waals surface area contributed by atoms with Crippen LogP contribution in [0.1, 0.15) is 19.8 Å². The Hall–Kier alpha value is -1.81. The van der Waals surface area contributed by atoms with E-state index in [0.29, 0.717) is 12.1 Å². The zero-order chi connectivity index (χ0) is 13.2. The first-order chi connectivity index (χ1) is 9.24. The fourth-order valence-electron chi connectivity index (χ4n) is 2.67. The summed E-state index contributed by atoms with van der Waals surface area (Å²) in [6.07, 6.45) is 4.20. The molecule has 2 unspecified atom stereocenters. The molecule has 0 amide bonds. The number of hydrogen-bond donors (Lipinski definition) is 2. The highest BCUT2D eigenvalue weighted by atomic mass is 16.5. The van der Waals surface area contributed by atoms with Gasteiger partial charge in [0.1, 0.15) is 0 Å². The molecule has 0 saturated carbocycles. The third-order valence-corrected chi connectivity index (χ3v) is 3.65. The van der Waals surface area contributed by atoms with E-state index in [4.69, 9.17) is 10.5 Å². The second-order valence-corrected chi connectivity index (χ2v) is 5.15. The van der Waals surface area contributed by atoms with Crippen LogP contribution >= 0.6 is 0 Å². The minimum Gasteiger partial charge on any atom is -0.397 e. The lowest BCUT2D eigenvalue weighted by Crippen LogP contribution is -2.32. The van der Waals surface area contributed by atoms with Crippen molar-refractivity contribution in [3.05, 3.63) is 30.5 Å². The van der Waals surface area contributed by atoms with Crippen molar-refractivity contribution < 1.29 is 4.74 Å². The van der Waals surface area contributed by atoms with Gasteiger partial charge < -0.3 is 15.8 Å². The van der Waals surface area contributed by atoms with Crippen molar-refractivity contribution in [1.82, 2.24) is 4.98 Å². The number of aromatic nitrogens is 1. The monoisotopic (exact) mass is 257 g/mol. The molecule has 1 fully saturated rings. The molecule has 2 aromatic rings. The van der Waals surface area contributed by atoms with Gasteiger partial charge in [-0.1, -0.05) is 12.1 Å². The molecule has 1 aromatic heterocycles. The Morgan fingerprint density at radius 1 is 1.37 bits per heavy atom. The van der Waals surface area contributed by atoms with Crippen LogP contribution in [0, 0.1) is 0 Å². The molecule has 0 aliphatic carbocycles. The highest BCUT2D eigenvalue weighted by Crippen LogP contribution is 2.27. The van der Waals surface area contributed by atoms with Crippen LogP contribution in [0.2, 0.25) is 0 Å². The number of hydrogen-bond acceptors (Lipinski definition) is 4. The largest absolute Gasteiger partial charge is 0.397 e. The van der Waals surface area contributed by atoms with E-state index >= 15 is 0 Å². The lowest BCUT2D eigenvalue weighted by molar-refractivity contribution is 0.0232. The molecule has 3 N–H and O–H groups in total. The number of benzene rings is 1. The van der Waals surface area contributed by atoms with Crippen molar-refractivity contribution in [3.8, 4) is 0 Å². The number of fused-ring (bicyclic) bond motifs is 1. The van der Waals surface area contributed by atoms with Gasteiger partial charge in [-0.05, 0) is 31.9 Å². The first-order valence-corrected chi connectivity index (χ1v) is 6.75. The van der Waals surface area contributed by atoms with Gasteiger partial charge in [-0.2, -0.15) is 0 Å². The molecular formula is C15H19N3O. The van der Waals surface area contributed by atoms with Crippen molar-refractivity contribution in [2.24, 2.45) is 0 Å². The van der Waals surface area contributed by atoms with Crippen LogP contribution in [0.25, 0.3) is 10.9 Å². The maximum Gasteiger partial charge on any atom is 0.0951 e. The number of pyridine rings is 1. The molecule has 1 saturated heterocycles. The van der Waals surface area contributed by atoms with Gasteiger partial charge in [0.15, 0.2) is 0 Å². The van der Waals surface area contributed by atoms with Gasteiger partial charge >= 0.3 is 0 Å². The molecule has 4 heteroatoms. The Morgan fingerprint density at radius 3 is 3.11 bits per heavy atom. The van der Waals surface area contributed by atoms with E-state index in [1.165, 1.54) is 0 Å². The zero-order valence-electron chi connectivity index (χ0n) is 11.1. The summed E-state index contributed by atoms with van der Waals surface area (Å²) in [5.74, 6) is 0. The summed E-state index contributed by atoms with van der Waals surface area (Å²) in [6.45, 7) is 2.94. The lowest BCUT2D eigenvalue weighted by Gasteiger charge is -2.29. The highest BCUT2D eigenvalue weighted by molar-refractivity contribution is 5.97. The standard InChI is InChI=1S/C15H19N3O/c1-10-9-11(6-8-19-10)18-14-5-7-17-15-12(14)3-2-4-13(15)16/h2-5,7,10-11H,6,8-9,16H2,1H3,(H,17,18). The Morgan fingerprint density at radius 2 is 2.26 bits per heavy atom. The van der Waals surface area contributed by atoms with Gasteiger partial charge in [0, 0.05) is 29.9 Å². The van der Waals surface area contributed by atoms with Crippen molar-refractivity contribution in [2.75, 3.05) is 17.7 Å². The summed E-state index contributed by atoms with van der Waals surface area (Å²) < 4.78 is 5.58. The van der Waals surface area contributed by atoms with Gasteiger partial charge in [-0.15, -0.1) is 0 Å². The number of nitrogens with zero attached hydrogens (tertiary/aromatic N) is 1. The molecule has 0 bridgehead atoms. The van der Waals surface area contributed by atoms with E-state index in [0.717, 1.165) is 41.7 Å². The van der Waals surface area contributed by atoms with Crippen LogP contribution in [0.15, 0.2) is 30.5 Å². The maximum absolute atomic E-state index is 5.97. The summed E-state index contributed by atoms with van der Waals surface area (Å²) in [5.41, 5.74) is 8.67. The van der Waals surface area contributed by atoms with Crippen LogP contribution in [0.5, 0.6) is 0 Å². The number of rotatable bonds is 2. The second kappa shape index (κ2) is 5.05. The van der Waals surface area contributed by atoms with Crippen molar-refractivity contribution in [1.29, 1.82) is 0 Å². The van der Waals surface area contributed by atoms with Crippen LogP contribution in [0.3, 0.4) is 0 Å². The van der Waals surface area contributed by atoms with E-state index in [9.17, 15) is 0 Å². The molecule has 4 nitrogen and oxygen atoms in total. The Labute approximate surface area is 113 Å². The first kappa shape index (κ1) is 12.2. The van der Waals surface area contributed by atoms with Crippen LogP contribution in [-0.2, 0) is 4.74 Å². The van der Waals surface area contributed by atoms with Crippen LogP contribution in [0.4, 0.5) is 11.4 Å². The molecule has 2 heterocycles. The molecule has 100 valence electrons. The van der Waals surface area contributed by atoms with Crippen molar-refractivity contribution in [3.63, 3.8) is 0 Å².